The lowest BCUT2D eigenvalue weighted by atomic mass is 10.1. The van der Waals surface area contributed by atoms with Gasteiger partial charge in [0.05, 0.1) is 6.10 Å². The first-order valence-electron chi connectivity index (χ1n) is 4.13. The van der Waals surface area contributed by atoms with Gasteiger partial charge in [0.25, 0.3) is 0 Å². The van der Waals surface area contributed by atoms with Gasteiger partial charge in [-0.1, -0.05) is 15.9 Å². The molecule has 0 aliphatic rings. The zero-order valence-electron chi connectivity index (χ0n) is 7.75. The summed E-state index contributed by atoms with van der Waals surface area (Å²) in [5, 5.41) is 9.24. The van der Waals surface area contributed by atoms with Gasteiger partial charge in [-0.05, 0) is 43.4 Å². The lowest BCUT2D eigenvalue weighted by Crippen LogP contribution is -2.03. The minimum atomic E-state index is -0.274. The highest BCUT2D eigenvalue weighted by Gasteiger charge is 2.02. The van der Waals surface area contributed by atoms with Gasteiger partial charge in [-0.3, -0.25) is 0 Å². The Kier molecular flexibility index (Phi) is 4.29. The highest BCUT2D eigenvalue weighted by atomic mass is 79.9. The molecule has 1 N–H and O–H groups in total. The number of hydrogen-bond donors (Lipinski definition) is 1. The first kappa shape index (κ1) is 11.1. The molecule has 1 rings (SSSR count). The molecule has 1 aromatic carbocycles. The molecule has 1 unspecified atom stereocenters. The van der Waals surface area contributed by atoms with Gasteiger partial charge in [-0.25, -0.2) is 0 Å². The predicted molar refractivity (Wildman–Crippen MR) is 61.3 cm³/mol. The van der Waals surface area contributed by atoms with Crippen LogP contribution in [0, 0.1) is 0 Å². The van der Waals surface area contributed by atoms with Gasteiger partial charge in [-0.15, -0.1) is 11.8 Å². The van der Waals surface area contributed by atoms with Crippen LogP contribution in [0.15, 0.2) is 27.6 Å². The van der Waals surface area contributed by atoms with Crippen molar-refractivity contribution in [2.24, 2.45) is 0 Å². The van der Waals surface area contributed by atoms with Crippen LogP contribution in [-0.4, -0.2) is 17.5 Å². The Morgan fingerprint density at radius 1 is 1.46 bits per heavy atom. The predicted octanol–water partition coefficient (Wildman–Crippen LogP) is 3.09. The Bertz CT molecular complexity index is 286. The summed E-state index contributed by atoms with van der Waals surface area (Å²) in [7, 11) is 0. The summed E-state index contributed by atoms with van der Waals surface area (Å²) in [6, 6.07) is 6.24. The van der Waals surface area contributed by atoms with Crippen molar-refractivity contribution in [2.45, 2.75) is 24.3 Å². The maximum absolute atomic E-state index is 9.24. The maximum Gasteiger partial charge on any atom is 0.0552 e. The van der Waals surface area contributed by atoms with E-state index in [0.717, 1.165) is 4.47 Å². The van der Waals surface area contributed by atoms with Crippen molar-refractivity contribution in [3.05, 3.63) is 28.2 Å². The van der Waals surface area contributed by atoms with Gasteiger partial charge < -0.3 is 5.11 Å². The topological polar surface area (TPSA) is 20.2 Å². The van der Waals surface area contributed by atoms with Gasteiger partial charge in [0, 0.05) is 9.37 Å². The molecule has 0 aromatic heterocycles. The number of benzene rings is 1. The Labute approximate surface area is 91.7 Å². The van der Waals surface area contributed by atoms with E-state index in [0.29, 0.717) is 6.42 Å². The van der Waals surface area contributed by atoms with Crippen molar-refractivity contribution in [2.75, 3.05) is 6.26 Å². The second-order valence-corrected chi connectivity index (χ2v) is 4.85. The quantitative estimate of drug-likeness (QED) is 0.844. The molecule has 1 nitrogen and oxygen atoms in total. The summed E-state index contributed by atoms with van der Waals surface area (Å²) < 4.78 is 1.08. The number of aliphatic hydroxyl groups is 1. The minimum absolute atomic E-state index is 0.274. The van der Waals surface area contributed by atoms with E-state index < -0.39 is 0 Å². The molecule has 0 radical (unpaired) electrons. The van der Waals surface area contributed by atoms with Crippen LogP contribution in [0.5, 0.6) is 0 Å². The molecule has 0 amide bonds. The van der Waals surface area contributed by atoms with Gasteiger partial charge >= 0.3 is 0 Å². The molecule has 0 saturated heterocycles. The molecule has 0 saturated carbocycles. The van der Waals surface area contributed by atoms with Crippen LogP contribution >= 0.6 is 27.7 Å². The van der Waals surface area contributed by atoms with Gasteiger partial charge in [0.15, 0.2) is 0 Å². The van der Waals surface area contributed by atoms with E-state index in [1.807, 2.05) is 12.3 Å². The van der Waals surface area contributed by atoms with E-state index in [1.165, 1.54) is 10.5 Å². The SMILES string of the molecule is CSc1cc(Br)cc(CC(C)O)c1. The average molecular weight is 261 g/mol. The monoisotopic (exact) mass is 260 g/mol. The van der Waals surface area contributed by atoms with Crippen LogP contribution in [0.25, 0.3) is 0 Å². The summed E-state index contributed by atoms with van der Waals surface area (Å²) >= 11 is 5.16. The molecular formula is C10H13BrOS. The summed E-state index contributed by atoms with van der Waals surface area (Å²) in [4.78, 5) is 1.23. The van der Waals surface area contributed by atoms with E-state index >= 15 is 0 Å². The first-order valence-corrected chi connectivity index (χ1v) is 6.15. The van der Waals surface area contributed by atoms with Crippen molar-refractivity contribution in [3.8, 4) is 0 Å². The fourth-order valence-corrected chi connectivity index (χ4v) is 2.40. The van der Waals surface area contributed by atoms with E-state index in [-0.39, 0.29) is 6.10 Å². The number of halogens is 1. The van der Waals surface area contributed by atoms with Crippen molar-refractivity contribution >= 4 is 27.7 Å². The fraction of sp³-hybridized carbons (Fsp3) is 0.400. The van der Waals surface area contributed by atoms with Gasteiger partial charge in [0.2, 0.25) is 0 Å². The molecule has 3 heteroatoms. The third kappa shape index (κ3) is 3.71. The third-order valence-corrected chi connectivity index (χ3v) is 2.86. The van der Waals surface area contributed by atoms with Crippen LogP contribution < -0.4 is 0 Å². The van der Waals surface area contributed by atoms with E-state index in [2.05, 4.69) is 28.1 Å². The van der Waals surface area contributed by atoms with Crippen LogP contribution in [0.1, 0.15) is 12.5 Å². The molecule has 0 aliphatic carbocycles. The molecule has 0 aliphatic heterocycles. The highest BCUT2D eigenvalue weighted by molar-refractivity contribution is 9.10. The third-order valence-electron chi connectivity index (χ3n) is 1.70. The molecular weight excluding hydrogens is 248 g/mol. The molecule has 0 spiro atoms. The maximum atomic E-state index is 9.24. The Hall–Kier alpha value is 0.01000. The van der Waals surface area contributed by atoms with E-state index in [1.54, 1.807) is 18.7 Å². The zero-order valence-corrected chi connectivity index (χ0v) is 10.2. The summed E-state index contributed by atoms with van der Waals surface area (Å²) in [6.45, 7) is 1.81. The largest absolute Gasteiger partial charge is 0.393 e. The number of rotatable bonds is 3. The van der Waals surface area contributed by atoms with Gasteiger partial charge in [-0.2, -0.15) is 0 Å². The van der Waals surface area contributed by atoms with Crippen LogP contribution in [0.4, 0.5) is 0 Å². The normalized spacial score (nSPS) is 12.9. The van der Waals surface area contributed by atoms with Crippen LogP contribution in [0.2, 0.25) is 0 Å². The molecule has 13 heavy (non-hydrogen) atoms. The number of thioether (sulfide) groups is 1. The van der Waals surface area contributed by atoms with Gasteiger partial charge in [0.1, 0.15) is 0 Å². The summed E-state index contributed by atoms with van der Waals surface area (Å²) in [5.74, 6) is 0. The standard InChI is InChI=1S/C10H13BrOS/c1-7(12)3-8-4-9(11)6-10(5-8)13-2/h4-7,12H,3H2,1-2H3. The molecule has 0 heterocycles. The smallest absolute Gasteiger partial charge is 0.0552 e. The number of hydrogen-bond acceptors (Lipinski definition) is 2. The lowest BCUT2D eigenvalue weighted by Gasteiger charge is -2.06. The highest BCUT2D eigenvalue weighted by Crippen LogP contribution is 2.23. The van der Waals surface area contributed by atoms with Crippen molar-refractivity contribution in [1.82, 2.24) is 0 Å². The first-order chi connectivity index (χ1) is 6.11. The zero-order chi connectivity index (χ0) is 9.84. The second kappa shape index (κ2) is 5.03. The van der Waals surface area contributed by atoms with E-state index in [4.69, 9.17) is 0 Å². The Balaban J connectivity index is 2.88. The molecule has 1 atom stereocenters. The Morgan fingerprint density at radius 2 is 2.15 bits per heavy atom. The Morgan fingerprint density at radius 3 is 2.69 bits per heavy atom. The van der Waals surface area contributed by atoms with Crippen LogP contribution in [-0.2, 0) is 6.42 Å². The summed E-state index contributed by atoms with van der Waals surface area (Å²) in [6.07, 6.45) is 2.49. The second-order valence-electron chi connectivity index (χ2n) is 3.05. The minimum Gasteiger partial charge on any atom is -0.393 e. The average Bonchev–Trinajstić information content (AvgIpc) is 2.01. The lowest BCUT2D eigenvalue weighted by molar-refractivity contribution is 0.195. The van der Waals surface area contributed by atoms with Crippen molar-refractivity contribution in [1.29, 1.82) is 0 Å². The number of aliphatic hydroxyl groups excluding tert-OH is 1. The van der Waals surface area contributed by atoms with Crippen molar-refractivity contribution in [3.63, 3.8) is 0 Å². The van der Waals surface area contributed by atoms with E-state index in [9.17, 15) is 5.11 Å². The molecule has 72 valence electrons. The molecule has 0 bridgehead atoms. The fourth-order valence-electron chi connectivity index (χ4n) is 1.20. The molecule has 0 fully saturated rings. The molecule has 1 aromatic rings. The summed E-state index contributed by atoms with van der Waals surface area (Å²) in [5.41, 5.74) is 1.17. The van der Waals surface area contributed by atoms with Crippen molar-refractivity contribution < 1.29 is 5.11 Å². The van der Waals surface area contributed by atoms with Crippen LogP contribution in [0.3, 0.4) is 0 Å².